The topological polar surface area (TPSA) is 42.2 Å². The van der Waals surface area contributed by atoms with Crippen LogP contribution in [0, 0.1) is 6.92 Å². The lowest BCUT2D eigenvalue weighted by molar-refractivity contribution is 0.475. The van der Waals surface area contributed by atoms with Gasteiger partial charge in [-0.3, -0.25) is 4.79 Å². The van der Waals surface area contributed by atoms with Crippen LogP contribution in [0.1, 0.15) is 26.3 Å². The summed E-state index contributed by atoms with van der Waals surface area (Å²) in [5.74, 6) is 0.237. The van der Waals surface area contributed by atoms with Crippen molar-refractivity contribution in [1.29, 1.82) is 0 Å². The maximum absolute atomic E-state index is 11.6. The lowest BCUT2D eigenvalue weighted by Crippen LogP contribution is -2.18. The van der Waals surface area contributed by atoms with Crippen molar-refractivity contribution in [3.8, 4) is 5.75 Å². The summed E-state index contributed by atoms with van der Waals surface area (Å²) in [6.07, 6.45) is 0. The van der Waals surface area contributed by atoms with Crippen LogP contribution < -0.4 is 5.56 Å². The lowest BCUT2D eigenvalue weighted by Gasteiger charge is -2.10. The first-order valence-corrected chi connectivity index (χ1v) is 5.96. The third kappa shape index (κ3) is 2.49. The second-order valence-corrected chi connectivity index (χ2v) is 3.62. The van der Waals surface area contributed by atoms with E-state index in [1.165, 1.54) is 6.07 Å². The molecule has 0 saturated carbocycles. The number of aromatic nitrogens is 1. The fourth-order valence-corrected chi connectivity index (χ4v) is 1.96. The Morgan fingerprint density at radius 2 is 1.88 bits per heavy atom. The number of hydrogen-bond donors (Lipinski definition) is 1. The second-order valence-electron chi connectivity index (χ2n) is 3.62. The molecule has 1 aromatic carbocycles. The smallest absolute Gasteiger partial charge is 0.251 e. The quantitative estimate of drug-likeness (QED) is 0.822. The van der Waals surface area contributed by atoms with Crippen molar-refractivity contribution in [2.45, 2.75) is 34.2 Å². The molecule has 92 valence electrons. The molecule has 1 aromatic heterocycles. The van der Waals surface area contributed by atoms with Crippen molar-refractivity contribution < 1.29 is 5.11 Å². The number of phenols is 1. The van der Waals surface area contributed by atoms with Gasteiger partial charge in [-0.1, -0.05) is 13.8 Å². The van der Waals surface area contributed by atoms with Crippen molar-refractivity contribution >= 4 is 10.9 Å². The Balaban J connectivity index is 0.000000686. The second kappa shape index (κ2) is 5.53. The number of aromatic hydroxyl groups is 1. The monoisotopic (exact) mass is 233 g/mol. The summed E-state index contributed by atoms with van der Waals surface area (Å²) in [5.41, 5.74) is 1.83. The van der Waals surface area contributed by atoms with E-state index in [0.717, 1.165) is 16.5 Å². The Labute approximate surface area is 101 Å². The molecule has 0 spiro atoms. The highest BCUT2D eigenvalue weighted by Crippen LogP contribution is 2.22. The van der Waals surface area contributed by atoms with Gasteiger partial charge in [0.05, 0.1) is 5.52 Å². The lowest BCUT2D eigenvalue weighted by atomic mass is 10.1. The minimum atomic E-state index is -0.00112. The van der Waals surface area contributed by atoms with E-state index in [2.05, 4.69) is 0 Å². The van der Waals surface area contributed by atoms with Crippen LogP contribution in [-0.4, -0.2) is 9.67 Å². The summed E-state index contributed by atoms with van der Waals surface area (Å²) in [5, 5.41) is 10.4. The fraction of sp³-hybridized carbons (Fsp3) is 0.357. The van der Waals surface area contributed by atoms with Gasteiger partial charge in [-0.2, -0.15) is 0 Å². The van der Waals surface area contributed by atoms with Crippen LogP contribution in [0.3, 0.4) is 0 Å². The van der Waals surface area contributed by atoms with Crippen molar-refractivity contribution in [2.75, 3.05) is 0 Å². The van der Waals surface area contributed by atoms with Crippen molar-refractivity contribution in [2.24, 2.45) is 0 Å². The molecule has 3 nitrogen and oxygen atoms in total. The summed E-state index contributed by atoms with van der Waals surface area (Å²) < 4.78 is 1.71. The molecule has 2 aromatic rings. The van der Waals surface area contributed by atoms with Gasteiger partial charge < -0.3 is 9.67 Å². The van der Waals surface area contributed by atoms with Crippen molar-refractivity contribution in [1.82, 2.24) is 4.57 Å². The normalized spacial score (nSPS) is 9.88. The minimum absolute atomic E-state index is 0.00112. The molecule has 17 heavy (non-hydrogen) atoms. The van der Waals surface area contributed by atoms with Gasteiger partial charge in [0.1, 0.15) is 5.75 Å². The average molecular weight is 233 g/mol. The first-order chi connectivity index (χ1) is 8.13. The summed E-state index contributed by atoms with van der Waals surface area (Å²) in [6, 6.07) is 6.63. The van der Waals surface area contributed by atoms with Gasteiger partial charge in [-0.25, -0.2) is 0 Å². The van der Waals surface area contributed by atoms with E-state index in [4.69, 9.17) is 0 Å². The molecule has 1 N–H and O–H groups in total. The molecule has 1 heterocycles. The SMILES string of the molecule is CC.CCn1c(=O)ccc2cc(O)cc(C)c21. The van der Waals surface area contributed by atoms with E-state index in [0.29, 0.717) is 6.54 Å². The molecule has 0 atom stereocenters. The number of hydrogen-bond acceptors (Lipinski definition) is 2. The number of nitrogens with zero attached hydrogens (tertiary/aromatic N) is 1. The highest BCUT2D eigenvalue weighted by Gasteiger charge is 2.05. The van der Waals surface area contributed by atoms with E-state index in [1.54, 1.807) is 22.8 Å². The molecule has 0 aliphatic carbocycles. The first kappa shape index (κ1) is 13.3. The van der Waals surface area contributed by atoms with Gasteiger partial charge in [0, 0.05) is 18.0 Å². The number of fused-ring (bicyclic) bond motifs is 1. The number of aryl methyl sites for hydroxylation is 2. The van der Waals surface area contributed by atoms with Crippen LogP contribution in [0.25, 0.3) is 10.9 Å². The van der Waals surface area contributed by atoms with E-state index < -0.39 is 0 Å². The van der Waals surface area contributed by atoms with E-state index >= 15 is 0 Å². The third-order valence-electron chi connectivity index (χ3n) is 2.57. The van der Waals surface area contributed by atoms with E-state index in [1.807, 2.05) is 27.7 Å². The summed E-state index contributed by atoms with van der Waals surface area (Å²) in [7, 11) is 0. The molecule has 0 fully saturated rings. The molecular formula is C14H19NO2. The van der Waals surface area contributed by atoms with Gasteiger partial charge in [0.25, 0.3) is 5.56 Å². The van der Waals surface area contributed by atoms with Gasteiger partial charge in [0.2, 0.25) is 0 Å². The van der Waals surface area contributed by atoms with Gasteiger partial charge in [-0.05, 0) is 37.6 Å². The van der Waals surface area contributed by atoms with Crippen LogP contribution >= 0.6 is 0 Å². The highest BCUT2D eigenvalue weighted by atomic mass is 16.3. The minimum Gasteiger partial charge on any atom is -0.508 e. The Kier molecular flexibility index (Phi) is 4.32. The van der Waals surface area contributed by atoms with Crippen LogP contribution in [0.4, 0.5) is 0 Å². The Bertz CT molecular complexity index is 570. The molecule has 0 saturated heterocycles. The first-order valence-electron chi connectivity index (χ1n) is 5.96. The van der Waals surface area contributed by atoms with Gasteiger partial charge >= 0.3 is 0 Å². The zero-order valence-electron chi connectivity index (χ0n) is 10.8. The maximum Gasteiger partial charge on any atom is 0.251 e. The fourth-order valence-electron chi connectivity index (χ4n) is 1.96. The van der Waals surface area contributed by atoms with Crippen LogP contribution in [-0.2, 0) is 6.54 Å². The molecule has 0 radical (unpaired) electrons. The Morgan fingerprint density at radius 3 is 2.47 bits per heavy atom. The predicted octanol–water partition coefficient (Wildman–Crippen LogP) is 3.06. The largest absolute Gasteiger partial charge is 0.508 e. The zero-order valence-corrected chi connectivity index (χ0v) is 10.8. The maximum atomic E-state index is 11.6. The number of benzene rings is 1. The van der Waals surface area contributed by atoms with Crippen molar-refractivity contribution in [3.05, 3.63) is 40.2 Å². The summed E-state index contributed by atoms with van der Waals surface area (Å²) in [4.78, 5) is 11.6. The molecule has 0 bridgehead atoms. The Hall–Kier alpha value is -1.77. The standard InChI is InChI=1S/C12H13NO2.C2H6/c1-3-13-11(15)5-4-9-7-10(14)6-8(2)12(9)13;1-2/h4-7,14H,3H2,1-2H3;1-2H3. The van der Waals surface area contributed by atoms with E-state index in [9.17, 15) is 9.90 Å². The Morgan fingerprint density at radius 1 is 1.24 bits per heavy atom. The average Bonchev–Trinajstić information content (AvgIpc) is 2.32. The third-order valence-corrected chi connectivity index (χ3v) is 2.57. The van der Waals surface area contributed by atoms with Gasteiger partial charge in [0.15, 0.2) is 0 Å². The van der Waals surface area contributed by atoms with Crippen LogP contribution in [0.2, 0.25) is 0 Å². The summed E-state index contributed by atoms with van der Waals surface area (Å²) in [6.45, 7) is 8.47. The molecule has 2 rings (SSSR count). The van der Waals surface area contributed by atoms with Crippen LogP contribution in [0.15, 0.2) is 29.1 Å². The molecule has 0 amide bonds. The highest BCUT2D eigenvalue weighted by molar-refractivity contribution is 5.83. The van der Waals surface area contributed by atoms with E-state index in [-0.39, 0.29) is 11.3 Å². The van der Waals surface area contributed by atoms with Gasteiger partial charge in [-0.15, -0.1) is 0 Å². The van der Waals surface area contributed by atoms with Crippen molar-refractivity contribution in [3.63, 3.8) is 0 Å². The molecule has 0 unspecified atom stereocenters. The number of pyridine rings is 1. The molecule has 0 aliphatic heterocycles. The van der Waals surface area contributed by atoms with Crippen LogP contribution in [0.5, 0.6) is 5.75 Å². The molecular weight excluding hydrogens is 214 g/mol. The predicted molar refractivity (Wildman–Crippen MR) is 71.6 cm³/mol. The zero-order chi connectivity index (χ0) is 13.0. The molecule has 0 aliphatic rings. The number of phenolic OH excluding ortho intramolecular Hbond substituents is 1. The number of rotatable bonds is 1. The summed E-state index contributed by atoms with van der Waals surface area (Å²) >= 11 is 0. The molecule has 3 heteroatoms.